The second kappa shape index (κ2) is 11.8. The van der Waals surface area contributed by atoms with Crippen LogP contribution in [-0.4, -0.2) is 33.2 Å². The Morgan fingerprint density at radius 2 is 1.70 bits per heavy atom. The van der Waals surface area contributed by atoms with Crippen molar-refractivity contribution in [2.75, 3.05) is 23.1 Å². The largest absolute Gasteiger partial charge is 0.354 e. The first-order chi connectivity index (χ1) is 15.8. The zero-order valence-electron chi connectivity index (χ0n) is 18.0. The molecule has 0 aliphatic rings. The molecule has 1 amide bonds. The SMILES string of the molecule is Cc1ccc(Cl)cc1N(CC(=O)NCCSCc1ccccc1Cl)S(=O)(=O)c1ccccc1. The quantitative estimate of drug-likeness (QED) is 0.354. The van der Waals surface area contributed by atoms with E-state index in [-0.39, 0.29) is 11.4 Å². The number of thioether (sulfide) groups is 1. The van der Waals surface area contributed by atoms with Crippen molar-refractivity contribution >= 4 is 56.6 Å². The fraction of sp³-hybridized carbons (Fsp3) is 0.208. The maximum Gasteiger partial charge on any atom is 0.264 e. The number of halogens is 2. The van der Waals surface area contributed by atoms with Gasteiger partial charge in [-0.05, 0) is 48.4 Å². The lowest BCUT2D eigenvalue weighted by molar-refractivity contribution is -0.119. The van der Waals surface area contributed by atoms with Gasteiger partial charge in [-0.15, -0.1) is 0 Å². The molecular formula is C24H24Cl2N2O3S2. The van der Waals surface area contributed by atoms with Crippen molar-refractivity contribution in [3.63, 3.8) is 0 Å². The van der Waals surface area contributed by atoms with E-state index in [1.165, 1.54) is 12.1 Å². The molecule has 5 nitrogen and oxygen atoms in total. The molecule has 0 saturated heterocycles. The van der Waals surface area contributed by atoms with E-state index < -0.39 is 15.9 Å². The molecule has 3 rings (SSSR count). The second-order valence-electron chi connectivity index (χ2n) is 7.25. The van der Waals surface area contributed by atoms with Crippen LogP contribution in [0.4, 0.5) is 5.69 Å². The summed E-state index contributed by atoms with van der Waals surface area (Å²) in [5.74, 6) is 0.997. The standard InChI is InChI=1S/C24H24Cl2N2O3S2/c1-18-11-12-20(25)15-23(18)28(33(30,31)21-8-3-2-4-9-21)16-24(29)27-13-14-32-17-19-7-5-6-10-22(19)26/h2-12,15H,13-14,16-17H2,1H3,(H,27,29). The summed E-state index contributed by atoms with van der Waals surface area (Å²) in [6.45, 7) is 1.83. The minimum Gasteiger partial charge on any atom is -0.354 e. The summed E-state index contributed by atoms with van der Waals surface area (Å²) in [7, 11) is -3.97. The summed E-state index contributed by atoms with van der Waals surface area (Å²) in [5.41, 5.74) is 2.10. The highest BCUT2D eigenvalue weighted by molar-refractivity contribution is 7.98. The third-order valence-corrected chi connectivity index (χ3v) is 8.23. The Morgan fingerprint density at radius 3 is 2.42 bits per heavy atom. The molecule has 9 heteroatoms. The zero-order valence-corrected chi connectivity index (χ0v) is 21.1. The number of sulfonamides is 1. The van der Waals surface area contributed by atoms with E-state index in [0.29, 0.717) is 33.6 Å². The third-order valence-electron chi connectivity index (χ3n) is 4.84. The maximum atomic E-state index is 13.4. The van der Waals surface area contributed by atoms with Gasteiger partial charge in [0.25, 0.3) is 10.0 Å². The van der Waals surface area contributed by atoms with E-state index in [0.717, 1.165) is 15.6 Å². The molecule has 0 aliphatic heterocycles. The highest BCUT2D eigenvalue weighted by atomic mass is 35.5. The number of benzene rings is 3. The summed E-state index contributed by atoms with van der Waals surface area (Å²) in [6, 6.07) is 20.6. The molecule has 0 atom stereocenters. The van der Waals surface area contributed by atoms with E-state index >= 15 is 0 Å². The van der Waals surface area contributed by atoms with Crippen LogP contribution in [0, 0.1) is 6.92 Å². The van der Waals surface area contributed by atoms with Crippen molar-refractivity contribution in [3.8, 4) is 0 Å². The van der Waals surface area contributed by atoms with Crippen LogP contribution >= 0.6 is 35.0 Å². The van der Waals surface area contributed by atoms with E-state index in [2.05, 4.69) is 5.32 Å². The zero-order chi connectivity index (χ0) is 23.8. The van der Waals surface area contributed by atoms with Crippen LogP contribution in [0.5, 0.6) is 0 Å². The van der Waals surface area contributed by atoms with Gasteiger partial charge >= 0.3 is 0 Å². The van der Waals surface area contributed by atoms with Crippen LogP contribution < -0.4 is 9.62 Å². The van der Waals surface area contributed by atoms with E-state index in [9.17, 15) is 13.2 Å². The van der Waals surface area contributed by atoms with Crippen molar-refractivity contribution in [2.24, 2.45) is 0 Å². The molecule has 1 N–H and O–H groups in total. The number of nitrogens with zero attached hydrogens (tertiary/aromatic N) is 1. The average molecular weight is 524 g/mol. The predicted octanol–water partition coefficient (Wildman–Crippen LogP) is 5.55. The summed E-state index contributed by atoms with van der Waals surface area (Å²) in [6.07, 6.45) is 0. The fourth-order valence-electron chi connectivity index (χ4n) is 3.12. The number of hydrogen-bond acceptors (Lipinski definition) is 4. The lowest BCUT2D eigenvalue weighted by Crippen LogP contribution is -2.41. The summed E-state index contributed by atoms with van der Waals surface area (Å²) >= 11 is 13.9. The Bertz CT molecular complexity index is 1210. The molecule has 3 aromatic carbocycles. The fourth-order valence-corrected chi connectivity index (χ4v) is 5.93. The number of rotatable bonds is 10. The van der Waals surface area contributed by atoms with Crippen LogP contribution in [0.2, 0.25) is 10.0 Å². The topological polar surface area (TPSA) is 66.5 Å². The van der Waals surface area contributed by atoms with Crippen molar-refractivity contribution in [3.05, 3.63) is 94.0 Å². The van der Waals surface area contributed by atoms with Crippen LogP contribution in [0.25, 0.3) is 0 Å². The first-order valence-electron chi connectivity index (χ1n) is 10.2. The molecule has 0 spiro atoms. The lowest BCUT2D eigenvalue weighted by Gasteiger charge is -2.25. The number of hydrogen-bond donors (Lipinski definition) is 1. The molecule has 0 fully saturated rings. The number of nitrogens with one attached hydrogen (secondary N) is 1. The number of aryl methyl sites for hydroxylation is 1. The number of anilines is 1. The number of carbonyl (C=O) groups excluding carboxylic acids is 1. The van der Waals surface area contributed by atoms with Gasteiger partial charge in [-0.25, -0.2) is 8.42 Å². The molecule has 0 unspecified atom stereocenters. The Kier molecular flexibility index (Phi) is 9.09. The first-order valence-corrected chi connectivity index (χ1v) is 13.6. The molecule has 0 aliphatic carbocycles. The molecular weight excluding hydrogens is 499 g/mol. The van der Waals surface area contributed by atoms with Gasteiger partial charge in [-0.2, -0.15) is 11.8 Å². The maximum absolute atomic E-state index is 13.4. The Hall–Kier alpha value is -2.19. The molecule has 174 valence electrons. The molecule has 0 radical (unpaired) electrons. The van der Waals surface area contributed by atoms with Gasteiger partial charge in [-0.3, -0.25) is 9.10 Å². The highest BCUT2D eigenvalue weighted by Gasteiger charge is 2.28. The minimum atomic E-state index is -3.97. The smallest absolute Gasteiger partial charge is 0.264 e. The van der Waals surface area contributed by atoms with Crippen molar-refractivity contribution in [2.45, 2.75) is 17.6 Å². The van der Waals surface area contributed by atoms with E-state index in [1.54, 1.807) is 55.1 Å². The Morgan fingerprint density at radius 1 is 1.00 bits per heavy atom. The predicted molar refractivity (Wildman–Crippen MR) is 138 cm³/mol. The van der Waals surface area contributed by atoms with Gasteiger partial charge in [0, 0.05) is 28.1 Å². The monoisotopic (exact) mass is 522 g/mol. The normalized spacial score (nSPS) is 11.2. The molecule has 3 aromatic rings. The molecule has 0 heterocycles. The number of carbonyl (C=O) groups is 1. The summed E-state index contributed by atoms with van der Waals surface area (Å²) in [4.78, 5) is 12.8. The molecule has 0 aromatic heterocycles. The summed E-state index contributed by atoms with van der Waals surface area (Å²) in [5, 5.41) is 3.91. The summed E-state index contributed by atoms with van der Waals surface area (Å²) < 4.78 is 27.9. The Labute approximate surface area is 209 Å². The minimum absolute atomic E-state index is 0.104. The molecule has 0 saturated carbocycles. The third kappa shape index (κ3) is 6.90. The molecule has 33 heavy (non-hydrogen) atoms. The van der Waals surface area contributed by atoms with Gasteiger partial charge in [0.05, 0.1) is 10.6 Å². The van der Waals surface area contributed by atoms with Crippen molar-refractivity contribution in [1.29, 1.82) is 0 Å². The van der Waals surface area contributed by atoms with Gasteiger partial charge in [-0.1, -0.05) is 65.7 Å². The van der Waals surface area contributed by atoms with Gasteiger partial charge in [0.1, 0.15) is 6.54 Å². The van der Waals surface area contributed by atoms with Crippen LogP contribution in [0.3, 0.4) is 0 Å². The average Bonchev–Trinajstić information content (AvgIpc) is 2.80. The van der Waals surface area contributed by atoms with Gasteiger partial charge in [0.2, 0.25) is 5.91 Å². The Balaban J connectivity index is 1.68. The van der Waals surface area contributed by atoms with E-state index in [4.69, 9.17) is 23.2 Å². The van der Waals surface area contributed by atoms with Crippen LogP contribution in [-0.2, 0) is 20.6 Å². The number of amides is 1. The van der Waals surface area contributed by atoms with Crippen molar-refractivity contribution in [1.82, 2.24) is 5.32 Å². The van der Waals surface area contributed by atoms with Gasteiger partial charge in [0.15, 0.2) is 0 Å². The van der Waals surface area contributed by atoms with Crippen molar-refractivity contribution < 1.29 is 13.2 Å². The lowest BCUT2D eigenvalue weighted by atomic mass is 10.2. The second-order valence-corrected chi connectivity index (χ2v) is 11.1. The van der Waals surface area contributed by atoms with Crippen LogP contribution in [0.1, 0.15) is 11.1 Å². The van der Waals surface area contributed by atoms with Crippen LogP contribution in [0.15, 0.2) is 77.7 Å². The molecule has 0 bridgehead atoms. The first kappa shape index (κ1) is 25.4. The highest BCUT2D eigenvalue weighted by Crippen LogP contribution is 2.29. The van der Waals surface area contributed by atoms with E-state index in [1.807, 2.05) is 24.3 Å². The van der Waals surface area contributed by atoms with Gasteiger partial charge < -0.3 is 5.32 Å².